The van der Waals surface area contributed by atoms with Crippen molar-refractivity contribution in [2.45, 2.75) is 51.0 Å². The third-order valence-electron chi connectivity index (χ3n) is 6.08. The molecule has 2 N–H and O–H groups in total. The van der Waals surface area contributed by atoms with Crippen LogP contribution >= 0.6 is 0 Å². The Hall–Kier alpha value is -2.96. The molecule has 2 saturated carbocycles. The molecule has 0 atom stereocenters. The summed E-state index contributed by atoms with van der Waals surface area (Å²) in [6, 6.07) is 8.07. The van der Waals surface area contributed by atoms with E-state index in [1.807, 2.05) is 24.3 Å². The fourth-order valence-corrected chi connectivity index (χ4v) is 4.29. The van der Waals surface area contributed by atoms with Gasteiger partial charge in [0.15, 0.2) is 0 Å². The fourth-order valence-electron chi connectivity index (χ4n) is 4.29. The summed E-state index contributed by atoms with van der Waals surface area (Å²) in [6.07, 6.45) is 12.1. The topological polar surface area (TPSA) is 86.8 Å². The van der Waals surface area contributed by atoms with Gasteiger partial charge in [-0.3, -0.25) is 9.89 Å². The zero-order chi connectivity index (χ0) is 19.6. The highest BCUT2D eigenvalue weighted by atomic mass is 16.1. The molecule has 0 bridgehead atoms. The van der Waals surface area contributed by atoms with Crippen LogP contribution in [0.1, 0.15) is 55.4 Å². The van der Waals surface area contributed by atoms with Gasteiger partial charge < -0.3 is 10.2 Å². The van der Waals surface area contributed by atoms with Crippen molar-refractivity contribution in [3.63, 3.8) is 0 Å². The maximum Gasteiger partial charge on any atom is 0.274 e. The standard InChI is InChI=1S/C22H26N6O/c29-22(26-18-7-4-8-19-17(18)12-25-27-19)20-11-21(24-14-23-20)28(13-15-9-10-15)16-5-2-1-3-6-16/h4,7-8,11-12,14-16H,1-3,5-6,9-10,13H2,(H,25,27)(H,26,29). The minimum absolute atomic E-state index is 0.225. The monoisotopic (exact) mass is 390 g/mol. The van der Waals surface area contributed by atoms with Crippen molar-refractivity contribution in [1.82, 2.24) is 20.2 Å². The lowest BCUT2D eigenvalue weighted by molar-refractivity contribution is 0.102. The predicted molar refractivity (Wildman–Crippen MR) is 113 cm³/mol. The molecule has 2 heterocycles. The summed E-state index contributed by atoms with van der Waals surface area (Å²) in [5.74, 6) is 1.42. The lowest BCUT2D eigenvalue weighted by Crippen LogP contribution is -2.39. The van der Waals surface area contributed by atoms with Crippen LogP contribution in [0.4, 0.5) is 11.5 Å². The van der Waals surface area contributed by atoms with Gasteiger partial charge in [0.2, 0.25) is 0 Å². The zero-order valence-electron chi connectivity index (χ0n) is 16.5. The van der Waals surface area contributed by atoms with Crippen LogP contribution in [0.3, 0.4) is 0 Å². The normalized spacial score (nSPS) is 17.4. The number of anilines is 2. The van der Waals surface area contributed by atoms with Crippen molar-refractivity contribution >= 4 is 28.3 Å². The van der Waals surface area contributed by atoms with Crippen LogP contribution in [0.5, 0.6) is 0 Å². The third kappa shape index (κ3) is 3.95. The molecule has 7 heteroatoms. The Morgan fingerprint density at radius 2 is 2.00 bits per heavy atom. The number of amides is 1. The largest absolute Gasteiger partial charge is 0.353 e. The average Bonchev–Trinajstić information content (AvgIpc) is 3.46. The summed E-state index contributed by atoms with van der Waals surface area (Å²) in [5, 5.41) is 10.8. The number of benzene rings is 1. The summed E-state index contributed by atoms with van der Waals surface area (Å²) in [4.78, 5) is 24.2. The van der Waals surface area contributed by atoms with Gasteiger partial charge in [0.1, 0.15) is 17.8 Å². The average molecular weight is 390 g/mol. The summed E-state index contributed by atoms with van der Waals surface area (Å²) in [6.45, 7) is 1.04. The number of H-pyrrole nitrogens is 1. The SMILES string of the molecule is O=C(Nc1cccc2[nH]ncc12)c1cc(N(CC2CC2)C2CCCCC2)ncn1. The van der Waals surface area contributed by atoms with Crippen LogP contribution in [0.15, 0.2) is 36.8 Å². The van der Waals surface area contributed by atoms with E-state index in [0.29, 0.717) is 11.7 Å². The Kier molecular flexibility index (Phi) is 4.87. The van der Waals surface area contributed by atoms with Crippen LogP contribution in [-0.4, -0.2) is 38.7 Å². The van der Waals surface area contributed by atoms with Crippen LogP contribution in [0.25, 0.3) is 10.9 Å². The Balaban J connectivity index is 1.38. The Morgan fingerprint density at radius 3 is 2.83 bits per heavy atom. The molecule has 0 radical (unpaired) electrons. The lowest BCUT2D eigenvalue weighted by atomic mass is 9.94. The first-order valence-electron chi connectivity index (χ1n) is 10.6. The van der Waals surface area contributed by atoms with Crippen molar-refractivity contribution in [3.05, 3.63) is 42.5 Å². The number of carbonyl (C=O) groups excluding carboxylic acids is 1. The molecule has 5 rings (SSSR count). The first-order valence-corrected chi connectivity index (χ1v) is 10.6. The van der Waals surface area contributed by atoms with Crippen molar-refractivity contribution in [2.24, 2.45) is 5.92 Å². The van der Waals surface area contributed by atoms with Gasteiger partial charge in [0, 0.05) is 24.0 Å². The highest BCUT2D eigenvalue weighted by Gasteiger charge is 2.30. The van der Waals surface area contributed by atoms with E-state index in [-0.39, 0.29) is 5.91 Å². The van der Waals surface area contributed by atoms with Gasteiger partial charge in [0.05, 0.1) is 17.4 Å². The van der Waals surface area contributed by atoms with Gasteiger partial charge in [-0.25, -0.2) is 9.97 Å². The number of nitrogens with zero attached hydrogens (tertiary/aromatic N) is 4. The number of rotatable bonds is 6. The molecule has 2 aliphatic rings. The van der Waals surface area contributed by atoms with E-state index in [0.717, 1.165) is 34.9 Å². The smallest absolute Gasteiger partial charge is 0.274 e. The maximum absolute atomic E-state index is 12.9. The molecule has 3 aromatic rings. The van der Waals surface area contributed by atoms with E-state index in [4.69, 9.17) is 0 Å². The van der Waals surface area contributed by atoms with Crippen LogP contribution in [0.2, 0.25) is 0 Å². The van der Waals surface area contributed by atoms with Gasteiger partial charge in [-0.05, 0) is 43.7 Å². The van der Waals surface area contributed by atoms with Crippen molar-refractivity contribution < 1.29 is 4.79 Å². The van der Waals surface area contributed by atoms with Crippen molar-refractivity contribution in [1.29, 1.82) is 0 Å². The van der Waals surface area contributed by atoms with Gasteiger partial charge >= 0.3 is 0 Å². The molecule has 1 aromatic carbocycles. The van der Waals surface area contributed by atoms with E-state index in [1.165, 1.54) is 51.3 Å². The highest BCUT2D eigenvalue weighted by molar-refractivity contribution is 6.07. The first kappa shape index (κ1) is 18.1. The van der Waals surface area contributed by atoms with Crippen molar-refractivity contribution in [2.75, 3.05) is 16.8 Å². The molecule has 2 aromatic heterocycles. The molecule has 2 fully saturated rings. The first-order chi connectivity index (χ1) is 14.3. The number of hydrogen-bond acceptors (Lipinski definition) is 5. The number of nitrogens with one attached hydrogen (secondary N) is 2. The van der Waals surface area contributed by atoms with Crippen molar-refractivity contribution in [3.8, 4) is 0 Å². The fraction of sp³-hybridized carbons (Fsp3) is 0.455. The summed E-state index contributed by atoms with van der Waals surface area (Å²) in [7, 11) is 0. The molecule has 1 amide bonds. The summed E-state index contributed by atoms with van der Waals surface area (Å²) in [5.41, 5.74) is 2.01. The maximum atomic E-state index is 12.9. The number of aromatic nitrogens is 4. The van der Waals surface area contributed by atoms with Gasteiger partial charge in [-0.1, -0.05) is 25.3 Å². The predicted octanol–water partition coefficient (Wildman–Crippen LogP) is 4.15. The second-order valence-corrected chi connectivity index (χ2v) is 8.24. The zero-order valence-corrected chi connectivity index (χ0v) is 16.5. The molecule has 150 valence electrons. The van der Waals surface area contributed by atoms with Crippen LogP contribution in [-0.2, 0) is 0 Å². The van der Waals surface area contributed by atoms with E-state index < -0.39 is 0 Å². The molecule has 29 heavy (non-hydrogen) atoms. The molecule has 2 aliphatic carbocycles. The van der Waals surface area contributed by atoms with Crippen LogP contribution in [0, 0.1) is 5.92 Å². The van der Waals surface area contributed by atoms with Gasteiger partial charge in [-0.2, -0.15) is 5.10 Å². The third-order valence-corrected chi connectivity index (χ3v) is 6.08. The Morgan fingerprint density at radius 1 is 1.14 bits per heavy atom. The summed E-state index contributed by atoms with van der Waals surface area (Å²) >= 11 is 0. The van der Waals surface area contributed by atoms with E-state index in [9.17, 15) is 4.79 Å². The lowest BCUT2D eigenvalue weighted by Gasteiger charge is -2.35. The quantitative estimate of drug-likeness (QED) is 0.660. The number of hydrogen-bond donors (Lipinski definition) is 2. The van der Waals surface area contributed by atoms with E-state index >= 15 is 0 Å². The molecule has 0 unspecified atom stereocenters. The second kappa shape index (κ2) is 7.81. The van der Waals surface area contributed by atoms with E-state index in [1.54, 1.807) is 6.20 Å². The molecule has 7 nitrogen and oxygen atoms in total. The molecular formula is C22H26N6O. The Labute approximate surface area is 169 Å². The number of aromatic amines is 1. The minimum Gasteiger partial charge on any atom is -0.353 e. The van der Waals surface area contributed by atoms with Crippen LogP contribution < -0.4 is 10.2 Å². The highest BCUT2D eigenvalue weighted by Crippen LogP contribution is 2.34. The molecule has 0 aliphatic heterocycles. The molecule has 0 saturated heterocycles. The number of carbonyl (C=O) groups is 1. The second-order valence-electron chi connectivity index (χ2n) is 8.24. The summed E-state index contributed by atoms with van der Waals surface area (Å²) < 4.78 is 0. The molecular weight excluding hydrogens is 364 g/mol. The Bertz CT molecular complexity index is 1010. The van der Waals surface area contributed by atoms with Gasteiger partial charge in [-0.15, -0.1) is 0 Å². The molecule has 0 spiro atoms. The number of fused-ring (bicyclic) bond motifs is 1. The minimum atomic E-state index is -0.225. The van der Waals surface area contributed by atoms with E-state index in [2.05, 4.69) is 30.4 Å². The van der Waals surface area contributed by atoms with Gasteiger partial charge in [0.25, 0.3) is 5.91 Å².